The number of nitrogens with zero attached hydrogens (tertiary/aromatic N) is 1. The zero-order valence-corrected chi connectivity index (χ0v) is 11.3. The molecular weight excluding hydrogens is 252 g/mol. The second-order valence-electron chi connectivity index (χ2n) is 4.65. The molecule has 0 aliphatic carbocycles. The Hall–Kier alpha value is -2.49. The van der Waals surface area contributed by atoms with Crippen LogP contribution in [0.15, 0.2) is 53.3 Å². The number of rotatable bonds is 4. The summed E-state index contributed by atoms with van der Waals surface area (Å²) in [4.78, 5) is 17.6. The zero-order chi connectivity index (χ0) is 13.9. The van der Waals surface area contributed by atoms with Gasteiger partial charge in [0.15, 0.2) is 0 Å². The highest BCUT2D eigenvalue weighted by Gasteiger charge is 2.18. The van der Waals surface area contributed by atoms with Crippen molar-refractivity contribution >= 4 is 16.8 Å². The maximum atomic E-state index is 12.7. The lowest BCUT2D eigenvalue weighted by Gasteiger charge is -2.20. The number of hydrogen-bond acceptors (Lipinski definition) is 2. The van der Waals surface area contributed by atoms with Crippen molar-refractivity contribution in [2.75, 3.05) is 6.54 Å². The Morgan fingerprint density at radius 2 is 2.15 bits per heavy atom. The minimum atomic E-state index is 0.0111. The Kier molecular flexibility index (Phi) is 3.29. The molecule has 4 nitrogen and oxygen atoms in total. The molecule has 2 aromatic heterocycles. The molecule has 4 heteroatoms. The van der Waals surface area contributed by atoms with E-state index in [0.717, 1.165) is 16.7 Å². The van der Waals surface area contributed by atoms with Gasteiger partial charge in [-0.2, -0.15) is 0 Å². The van der Waals surface area contributed by atoms with Crippen molar-refractivity contribution in [2.24, 2.45) is 0 Å². The first-order valence-electron chi connectivity index (χ1n) is 6.67. The molecule has 0 atom stereocenters. The van der Waals surface area contributed by atoms with Crippen LogP contribution in [0.1, 0.15) is 23.0 Å². The van der Waals surface area contributed by atoms with Crippen molar-refractivity contribution in [3.63, 3.8) is 0 Å². The van der Waals surface area contributed by atoms with Crippen LogP contribution in [0.4, 0.5) is 0 Å². The molecule has 0 fully saturated rings. The van der Waals surface area contributed by atoms with Gasteiger partial charge in [-0.15, -0.1) is 0 Å². The van der Waals surface area contributed by atoms with Crippen molar-refractivity contribution in [3.05, 3.63) is 60.2 Å². The van der Waals surface area contributed by atoms with Crippen molar-refractivity contribution in [3.8, 4) is 0 Å². The van der Waals surface area contributed by atoms with Crippen molar-refractivity contribution in [1.82, 2.24) is 9.88 Å². The molecule has 2 heterocycles. The number of amides is 1. The molecule has 0 radical (unpaired) electrons. The van der Waals surface area contributed by atoms with Crippen LogP contribution in [0, 0.1) is 0 Å². The van der Waals surface area contributed by atoms with E-state index >= 15 is 0 Å². The van der Waals surface area contributed by atoms with Gasteiger partial charge < -0.3 is 14.3 Å². The molecule has 1 N–H and O–H groups in total. The maximum Gasteiger partial charge on any atom is 0.256 e. The number of nitrogens with one attached hydrogen (secondary N) is 1. The number of carbonyl (C=O) groups is 1. The van der Waals surface area contributed by atoms with Crippen molar-refractivity contribution < 1.29 is 9.21 Å². The van der Waals surface area contributed by atoms with Gasteiger partial charge in [0.2, 0.25) is 0 Å². The van der Waals surface area contributed by atoms with E-state index in [9.17, 15) is 4.79 Å². The minimum absolute atomic E-state index is 0.0111. The number of furan rings is 1. The second kappa shape index (κ2) is 5.25. The predicted octanol–water partition coefficient (Wildman–Crippen LogP) is 3.42. The summed E-state index contributed by atoms with van der Waals surface area (Å²) in [6.07, 6.45) is 3.48. The third-order valence-electron chi connectivity index (χ3n) is 3.41. The fourth-order valence-electron chi connectivity index (χ4n) is 2.35. The van der Waals surface area contributed by atoms with Crippen molar-refractivity contribution in [2.45, 2.75) is 13.5 Å². The Morgan fingerprint density at radius 3 is 2.90 bits per heavy atom. The van der Waals surface area contributed by atoms with E-state index in [0.29, 0.717) is 18.7 Å². The van der Waals surface area contributed by atoms with Gasteiger partial charge in [0.05, 0.1) is 23.9 Å². The fraction of sp³-hybridized carbons (Fsp3) is 0.188. The number of para-hydroxylation sites is 1. The number of aromatic amines is 1. The molecule has 0 saturated heterocycles. The van der Waals surface area contributed by atoms with E-state index in [1.54, 1.807) is 11.2 Å². The lowest BCUT2D eigenvalue weighted by molar-refractivity contribution is 0.0743. The number of aromatic nitrogens is 1. The summed E-state index contributed by atoms with van der Waals surface area (Å²) in [7, 11) is 0. The van der Waals surface area contributed by atoms with Crippen LogP contribution in [-0.2, 0) is 6.54 Å². The Bertz CT molecular complexity index is 713. The highest BCUT2D eigenvalue weighted by atomic mass is 16.3. The molecule has 0 unspecified atom stereocenters. The number of fused-ring (bicyclic) bond motifs is 1. The molecular formula is C16H16N2O2. The molecule has 0 bridgehead atoms. The van der Waals surface area contributed by atoms with Crippen LogP contribution in [0.3, 0.4) is 0 Å². The van der Waals surface area contributed by atoms with Gasteiger partial charge in [-0.05, 0) is 31.2 Å². The molecule has 1 aromatic carbocycles. The largest absolute Gasteiger partial charge is 0.467 e. The fourth-order valence-corrected chi connectivity index (χ4v) is 2.35. The summed E-state index contributed by atoms with van der Waals surface area (Å²) in [5.41, 5.74) is 1.58. The topological polar surface area (TPSA) is 49.2 Å². The SMILES string of the molecule is CCN(Cc1ccco1)C(=O)c1cccc2cc[nH]c12. The van der Waals surface area contributed by atoms with Crippen LogP contribution >= 0.6 is 0 Å². The number of carbonyl (C=O) groups excluding carboxylic acids is 1. The molecule has 3 aromatic rings. The van der Waals surface area contributed by atoms with E-state index in [1.807, 2.05) is 49.5 Å². The van der Waals surface area contributed by atoms with Gasteiger partial charge in [-0.3, -0.25) is 4.79 Å². The zero-order valence-electron chi connectivity index (χ0n) is 11.3. The summed E-state index contributed by atoms with van der Waals surface area (Å²) in [6.45, 7) is 3.09. The standard InChI is InChI=1S/C16H16N2O2/c1-2-18(11-13-6-4-10-20-13)16(19)14-7-3-5-12-8-9-17-15(12)14/h3-10,17H,2,11H2,1H3. The minimum Gasteiger partial charge on any atom is -0.467 e. The van der Waals surface area contributed by atoms with Crippen molar-refractivity contribution in [1.29, 1.82) is 0 Å². The van der Waals surface area contributed by atoms with Gasteiger partial charge >= 0.3 is 0 Å². The van der Waals surface area contributed by atoms with Gasteiger partial charge in [-0.1, -0.05) is 12.1 Å². The molecule has 0 aliphatic rings. The molecule has 0 spiro atoms. The number of benzene rings is 1. The average Bonchev–Trinajstić information content (AvgIpc) is 3.14. The highest BCUT2D eigenvalue weighted by Crippen LogP contribution is 2.19. The Labute approximate surface area is 117 Å². The van der Waals surface area contributed by atoms with E-state index in [4.69, 9.17) is 4.42 Å². The third-order valence-corrected chi connectivity index (χ3v) is 3.41. The molecule has 0 saturated carbocycles. The second-order valence-corrected chi connectivity index (χ2v) is 4.65. The highest BCUT2D eigenvalue weighted by molar-refractivity contribution is 6.05. The van der Waals surface area contributed by atoms with Crippen LogP contribution in [0.25, 0.3) is 10.9 Å². The van der Waals surface area contributed by atoms with Crippen LogP contribution in [0.5, 0.6) is 0 Å². The Balaban J connectivity index is 1.92. The first kappa shape index (κ1) is 12.5. The Morgan fingerprint density at radius 1 is 1.25 bits per heavy atom. The van der Waals surface area contributed by atoms with E-state index in [1.165, 1.54) is 0 Å². The predicted molar refractivity (Wildman–Crippen MR) is 77.4 cm³/mol. The van der Waals surface area contributed by atoms with Crippen LogP contribution in [-0.4, -0.2) is 22.3 Å². The average molecular weight is 268 g/mol. The monoisotopic (exact) mass is 268 g/mol. The number of H-pyrrole nitrogens is 1. The normalized spacial score (nSPS) is 10.8. The van der Waals surface area contributed by atoms with E-state index < -0.39 is 0 Å². The summed E-state index contributed by atoms with van der Waals surface area (Å²) in [6, 6.07) is 11.4. The van der Waals surface area contributed by atoms with E-state index in [-0.39, 0.29) is 5.91 Å². The van der Waals surface area contributed by atoms with E-state index in [2.05, 4.69) is 4.98 Å². The first-order valence-corrected chi connectivity index (χ1v) is 6.67. The lowest BCUT2D eigenvalue weighted by Crippen LogP contribution is -2.30. The van der Waals surface area contributed by atoms with Gasteiger partial charge in [0.25, 0.3) is 5.91 Å². The molecule has 20 heavy (non-hydrogen) atoms. The molecule has 0 aliphatic heterocycles. The summed E-state index contributed by atoms with van der Waals surface area (Å²) < 4.78 is 5.32. The van der Waals surface area contributed by atoms with Crippen LogP contribution in [0.2, 0.25) is 0 Å². The number of hydrogen-bond donors (Lipinski definition) is 1. The van der Waals surface area contributed by atoms with Crippen LogP contribution < -0.4 is 0 Å². The lowest BCUT2D eigenvalue weighted by atomic mass is 10.1. The summed E-state index contributed by atoms with van der Waals surface area (Å²) in [5.74, 6) is 0.802. The third kappa shape index (κ3) is 2.20. The summed E-state index contributed by atoms with van der Waals surface area (Å²) >= 11 is 0. The first-order chi connectivity index (χ1) is 9.79. The molecule has 102 valence electrons. The molecule has 3 rings (SSSR count). The van der Waals surface area contributed by atoms with Gasteiger partial charge in [-0.25, -0.2) is 0 Å². The maximum absolute atomic E-state index is 12.7. The summed E-state index contributed by atoms with van der Waals surface area (Å²) in [5, 5.41) is 1.05. The molecule has 1 amide bonds. The van der Waals surface area contributed by atoms with Gasteiger partial charge in [0, 0.05) is 18.1 Å². The van der Waals surface area contributed by atoms with Gasteiger partial charge in [0.1, 0.15) is 5.76 Å². The quantitative estimate of drug-likeness (QED) is 0.788. The smallest absolute Gasteiger partial charge is 0.256 e.